The molecule has 0 aliphatic heterocycles. The highest BCUT2D eigenvalue weighted by Gasteiger charge is 2.07. The van der Waals surface area contributed by atoms with Crippen molar-refractivity contribution in [1.29, 1.82) is 0 Å². The summed E-state index contributed by atoms with van der Waals surface area (Å²) in [4.78, 5) is 16.0. The molecule has 0 spiro atoms. The van der Waals surface area contributed by atoms with Gasteiger partial charge in [0.1, 0.15) is 5.82 Å². The van der Waals surface area contributed by atoms with E-state index in [1.807, 2.05) is 42.0 Å². The minimum atomic E-state index is -0.213. The molecule has 1 aromatic carbocycles. The van der Waals surface area contributed by atoms with Crippen LogP contribution in [0.25, 0.3) is 5.69 Å². The van der Waals surface area contributed by atoms with Gasteiger partial charge in [-0.1, -0.05) is 12.1 Å². The molecule has 0 unspecified atom stereocenters. The number of hydrogen-bond donors (Lipinski definition) is 1. The SMILES string of the molecule is Cc1nccn1-c1ccc(CNC(=O)c2ccco2)cc1. The largest absolute Gasteiger partial charge is 0.459 e. The Hall–Kier alpha value is -2.82. The van der Waals surface area contributed by atoms with Crippen molar-refractivity contribution in [1.82, 2.24) is 14.9 Å². The molecule has 0 bridgehead atoms. The zero-order valence-electron chi connectivity index (χ0n) is 11.6. The van der Waals surface area contributed by atoms with Crippen LogP contribution >= 0.6 is 0 Å². The normalized spacial score (nSPS) is 10.5. The van der Waals surface area contributed by atoms with Crippen LogP contribution in [-0.2, 0) is 6.54 Å². The van der Waals surface area contributed by atoms with Crippen LogP contribution in [0.2, 0.25) is 0 Å². The Bertz CT molecular complexity index is 727. The van der Waals surface area contributed by atoms with E-state index in [1.165, 1.54) is 6.26 Å². The molecule has 0 saturated heterocycles. The number of aryl methyl sites for hydroxylation is 1. The van der Waals surface area contributed by atoms with E-state index >= 15 is 0 Å². The Balaban J connectivity index is 1.65. The van der Waals surface area contributed by atoms with Gasteiger partial charge in [0.15, 0.2) is 5.76 Å². The van der Waals surface area contributed by atoms with E-state index in [0.29, 0.717) is 12.3 Å². The van der Waals surface area contributed by atoms with Crippen LogP contribution in [0.1, 0.15) is 21.9 Å². The van der Waals surface area contributed by atoms with Gasteiger partial charge in [-0.05, 0) is 36.8 Å². The molecular formula is C16H15N3O2. The number of nitrogens with one attached hydrogen (secondary N) is 1. The van der Waals surface area contributed by atoms with E-state index in [2.05, 4.69) is 10.3 Å². The summed E-state index contributed by atoms with van der Waals surface area (Å²) < 4.78 is 7.05. The van der Waals surface area contributed by atoms with Gasteiger partial charge in [0, 0.05) is 24.6 Å². The second-order valence-electron chi connectivity index (χ2n) is 4.67. The smallest absolute Gasteiger partial charge is 0.287 e. The summed E-state index contributed by atoms with van der Waals surface area (Å²) >= 11 is 0. The Morgan fingerprint density at radius 3 is 2.71 bits per heavy atom. The second kappa shape index (κ2) is 5.66. The molecule has 0 radical (unpaired) electrons. The van der Waals surface area contributed by atoms with E-state index < -0.39 is 0 Å². The van der Waals surface area contributed by atoms with Gasteiger partial charge in [-0.2, -0.15) is 0 Å². The summed E-state index contributed by atoms with van der Waals surface area (Å²) in [5, 5.41) is 2.82. The molecule has 3 aromatic rings. The monoisotopic (exact) mass is 281 g/mol. The number of carbonyl (C=O) groups is 1. The first-order valence-corrected chi connectivity index (χ1v) is 6.65. The molecular weight excluding hydrogens is 266 g/mol. The molecule has 0 atom stereocenters. The van der Waals surface area contributed by atoms with Crippen molar-refractivity contribution < 1.29 is 9.21 Å². The van der Waals surface area contributed by atoms with Crippen molar-refractivity contribution in [2.24, 2.45) is 0 Å². The van der Waals surface area contributed by atoms with Crippen molar-refractivity contribution in [2.75, 3.05) is 0 Å². The highest BCUT2D eigenvalue weighted by Crippen LogP contribution is 2.12. The van der Waals surface area contributed by atoms with Crippen LogP contribution in [0, 0.1) is 6.92 Å². The Morgan fingerprint density at radius 1 is 1.29 bits per heavy atom. The molecule has 1 amide bonds. The number of benzene rings is 1. The van der Waals surface area contributed by atoms with Crippen LogP contribution in [0.15, 0.2) is 59.5 Å². The third-order valence-corrected chi connectivity index (χ3v) is 3.24. The van der Waals surface area contributed by atoms with Crippen LogP contribution < -0.4 is 5.32 Å². The summed E-state index contributed by atoms with van der Waals surface area (Å²) in [7, 11) is 0. The average molecular weight is 281 g/mol. The number of amides is 1. The van der Waals surface area contributed by atoms with Gasteiger partial charge in [0.25, 0.3) is 5.91 Å². The zero-order valence-corrected chi connectivity index (χ0v) is 11.6. The lowest BCUT2D eigenvalue weighted by Gasteiger charge is -2.07. The predicted octanol–water partition coefficient (Wildman–Crippen LogP) is 2.70. The lowest BCUT2D eigenvalue weighted by atomic mass is 10.2. The molecule has 5 nitrogen and oxygen atoms in total. The molecule has 5 heteroatoms. The Morgan fingerprint density at radius 2 is 2.10 bits per heavy atom. The van der Waals surface area contributed by atoms with E-state index in [-0.39, 0.29) is 5.91 Å². The third kappa shape index (κ3) is 2.86. The van der Waals surface area contributed by atoms with Gasteiger partial charge >= 0.3 is 0 Å². The lowest BCUT2D eigenvalue weighted by Crippen LogP contribution is -2.22. The van der Waals surface area contributed by atoms with Crippen LogP contribution in [0.3, 0.4) is 0 Å². The van der Waals surface area contributed by atoms with Crippen LogP contribution in [0.4, 0.5) is 0 Å². The number of hydrogen-bond acceptors (Lipinski definition) is 3. The molecule has 106 valence electrons. The molecule has 2 heterocycles. The molecule has 0 aliphatic carbocycles. The van der Waals surface area contributed by atoms with Crippen molar-refractivity contribution in [2.45, 2.75) is 13.5 Å². The molecule has 0 fully saturated rings. The van der Waals surface area contributed by atoms with E-state index in [4.69, 9.17) is 4.42 Å². The van der Waals surface area contributed by atoms with E-state index in [1.54, 1.807) is 18.3 Å². The van der Waals surface area contributed by atoms with Gasteiger partial charge < -0.3 is 14.3 Å². The van der Waals surface area contributed by atoms with Gasteiger partial charge in [-0.3, -0.25) is 4.79 Å². The standard InChI is InChI=1S/C16H15N3O2/c1-12-17-8-9-19(12)14-6-4-13(5-7-14)11-18-16(20)15-3-2-10-21-15/h2-10H,11H2,1H3,(H,18,20). The van der Waals surface area contributed by atoms with Gasteiger partial charge in [-0.15, -0.1) is 0 Å². The highest BCUT2D eigenvalue weighted by atomic mass is 16.3. The molecule has 1 N–H and O–H groups in total. The molecule has 3 rings (SSSR count). The first-order chi connectivity index (χ1) is 10.2. The molecule has 0 saturated carbocycles. The fraction of sp³-hybridized carbons (Fsp3) is 0.125. The molecule has 2 aromatic heterocycles. The maximum Gasteiger partial charge on any atom is 0.287 e. The zero-order chi connectivity index (χ0) is 14.7. The molecule has 21 heavy (non-hydrogen) atoms. The van der Waals surface area contributed by atoms with Gasteiger partial charge in [-0.25, -0.2) is 4.98 Å². The summed E-state index contributed by atoms with van der Waals surface area (Å²) in [5.41, 5.74) is 2.07. The highest BCUT2D eigenvalue weighted by molar-refractivity contribution is 5.91. The lowest BCUT2D eigenvalue weighted by molar-refractivity contribution is 0.0923. The fourth-order valence-corrected chi connectivity index (χ4v) is 2.10. The summed E-state index contributed by atoms with van der Waals surface area (Å²) in [6, 6.07) is 11.3. The third-order valence-electron chi connectivity index (χ3n) is 3.24. The Labute approximate surface area is 122 Å². The quantitative estimate of drug-likeness (QED) is 0.800. The van der Waals surface area contributed by atoms with Crippen molar-refractivity contribution >= 4 is 5.91 Å². The summed E-state index contributed by atoms with van der Waals surface area (Å²) in [5.74, 6) is 1.05. The van der Waals surface area contributed by atoms with E-state index in [0.717, 1.165) is 17.1 Å². The number of nitrogens with zero attached hydrogens (tertiary/aromatic N) is 2. The fourth-order valence-electron chi connectivity index (χ4n) is 2.10. The molecule has 0 aliphatic rings. The number of aromatic nitrogens is 2. The predicted molar refractivity (Wildman–Crippen MR) is 78.2 cm³/mol. The number of carbonyl (C=O) groups excluding carboxylic acids is 1. The number of rotatable bonds is 4. The second-order valence-corrected chi connectivity index (χ2v) is 4.67. The van der Waals surface area contributed by atoms with Crippen molar-refractivity contribution in [3.63, 3.8) is 0 Å². The van der Waals surface area contributed by atoms with Gasteiger partial charge in [0.2, 0.25) is 0 Å². The first kappa shape index (κ1) is 13.2. The maximum atomic E-state index is 11.8. The van der Waals surface area contributed by atoms with E-state index in [9.17, 15) is 4.79 Å². The van der Waals surface area contributed by atoms with Gasteiger partial charge in [0.05, 0.1) is 6.26 Å². The number of furan rings is 1. The number of imidazole rings is 1. The minimum Gasteiger partial charge on any atom is -0.459 e. The minimum absolute atomic E-state index is 0.213. The van der Waals surface area contributed by atoms with Crippen molar-refractivity contribution in [3.8, 4) is 5.69 Å². The first-order valence-electron chi connectivity index (χ1n) is 6.65. The van der Waals surface area contributed by atoms with Crippen LogP contribution in [-0.4, -0.2) is 15.5 Å². The maximum absolute atomic E-state index is 11.8. The average Bonchev–Trinajstić information content (AvgIpc) is 3.17. The Kier molecular flexibility index (Phi) is 3.55. The summed E-state index contributed by atoms with van der Waals surface area (Å²) in [6.07, 6.45) is 5.17. The van der Waals surface area contributed by atoms with Crippen molar-refractivity contribution in [3.05, 3.63) is 72.2 Å². The topological polar surface area (TPSA) is 60.1 Å². The summed E-state index contributed by atoms with van der Waals surface area (Å²) in [6.45, 7) is 2.42. The van der Waals surface area contributed by atoms with Crippen LogP contribution in [0.5, 0.6) is 0 Å².